The number of carbonyl (C=O) groups excluding carboxylic acids is 2. The summed E-state index contributed by atoms with van der Waals surface area (Å²) in [6, 6.07) is 6.84. The number of carbonyl (C=O) groups is 2. The fraction of sp³-hybridized carbons (Fsp3) is 0.467. The van der Waals surface area contributed by atoms with Gasteiger partial charge >= 0.3 is 6.09 Å². The van der Waals surface area contributed by atoms with E-state index in [0.717, 1.165) is 5.56 Å². The van der Waals surface area contributed by atoms with Crippen LogP contribution in [0.25, 0.3) is 0 Å². The summed E-state index contributed by atoms with van der Waals surface area (Å²) in [6.07, 6.45) is -7.21. The molecule has 5 atom stereocenters. The standard InChI is InChI=1S/C15H20N2O7/c18-11-9(16-14(21)22)6-10(12(19)13(11)20)17-15(23)24-7-8-4-2-1-3-5-8/h1-5,9-13,16,18-20H,6-7H2,(H,17,23)(H,21,22)/p-1. The number of alkyl carbamates (subject to hydrolysis) is 1. The zero-order valence-corrected chi connectivity index (χ0v) is 12.7. The van der Waals surface area contributed by atoms with Gasteiger partial charge in [0.25, 0.3) is 0 Å². The van der Waals surface area contributed by atoms with Gasteiger partial charge in [0.1, 0.15) is 31.0 Å². The van der Waals surface area contributed by atoms with E-state index < -0.39 is 42.6 Å². The first-order valence-corrected chi connectivity index (χ1v) is 7.37. The van der Waals surface area contributed by atoms with Crippen molar-refractivity contribution in [2.24, 2.45) is 0 Å². The molecule has 0 bridgehead atoms. The highest BCUT2D eigenvalue weighted by atomic mass is 16.5. The third kappa shape index (κ3) is 4.57. The lowest BCUT2D eigenvalue weighted by molar-refractivity contribution is -0.253. The molecule has 0 spiro atoms. The second kappa shape index (κ2) is 7.95. The van der Waals surface area contributed by atoms with Crippen molar-refractivity contribution < 1.29 is 34.8 Å². The van der Waals surface area contributed by atoms with Gasteiger partial charge in [0.05, 0.1) is 12.1 Å². The number of benzene rings is 1. The molecule has 0 aromatic heterocycles. The van der Waals surface area contributed by atoms with Crippen LogP contribution in [0.4, 0.5) is 9.59 Å². The number of amides is 2. The van der Waals surface area contributed by atoms with Gasteiger partial charge in [0.15, 0.2) is 0 Å². The van der Waals surface area contributed by atoms with E-state index in [2.05, 4.69) is 5.32 Å². The van der Waals surface area contributed by atoms with Gasteiger partial charge in [-0.05, 0) is 12.0 Å². The molecule has 1 aromatic carbocycles. The van der Waals surface area contributed by atoms with Gasteiger partial charge in [-0.3, -0.25) is 0 Å². The molecule has 2 amide bonds. The summed E-state index contributed by atoms with van der Waals surface area (Å²) in [5.41, 5.74) is 0.767. The Morgan fingerprint density at radius 3 is 2.21 bits per heavy atom. The minimum Gasteiger partial charge on any atom is -0.530 e. The number of carboxylic acid groups (broad SMARTS) is 1. The average molecular weight is 339 g/mol. The number of hydrogen-bond acceptors (Lipinski definition) is 7. The lowest BCUT2D eigenvalue weighted by atomic mass is 9.84. The Kier molecular flexibility index (Phi) is 5.96. The van der Waals surface area contributed by atoms with Crippen molar-refractivity contribution >= 4 is 12.2 Å². The molecule has 0 heterocycles. The number of aliphatic hydroxyl groups excluding tert-OH is 3. The van der Waals surface area contributed by atoms with Gasteiger partial charge in [0.2, 0.25) is 0 Å². The van der Waals surface area contributed by atoms with E-state index in [0.29, 0.717) is 0 Å². The van der Waals surface area contributed by atoms with Gasteiger partial charge in [-0.25, -0.2) is 4.79 Å². The molecule has 132 valence electrons. The monoisotopic (exact) mass is 339 g/mol. The van der Waals surface area contributed by atoms with E-state index in [1.54, 1.807) is 24.3 Å². The van der Waals surface area contributed by atoms with E-state index in [1.807, 2.05) is 11.4 Å². The zero-order valence-electron chi connectivity index (χ0n) is 12.7. The molecule has 0 radical (unpaired) electrons. The Morgan fingerprint density at radius 1 is 1.04 bits per heavy atom. The highest BCUT2D eigenvalue weighted by molar-refractivity contribution is 5.68. The molecule has 1 aromatic rings. The minimum absolute atomic E-state index is 0.0153. The number of hydrogen-bond donors (Lipinski definition) is 5. The van der Waals surface area contributed by atoms with Crippen LogP contribution in [0.3, 0.4) is 0 Å². The molecular formula is C15H19N2O7-. The lowest BCUT2D eigenvalue weighted by Gasteiger charge is -2.41. The molecule has 1 saturated carbocycles. The molecule has 9 heteroatoms. The molecule has 24 heavy (non-hydrogen) atoms. The maximum absolute atomic E-state index is 11.8. The van der Waals surface area contributed by atoms with Crippen molar-refractivity contribution in [3.8, 4) is 0 Å². The summed E-state index contributed by atoms with van der Waals surface area (Å²) in [7, 11) is 0. The number of aliphatic hydroxyl groups is 3. The van der Waals surface area contributed by atoms with Gasteiger partial charge in [0, 0.05) is 0 Å². The van der Waals surface area contributed by atoms with Crippen molar-refractivity contribution in [2.45, 2.75) is 43.4 Å². The molecule has 9 nitrogen and oxygen atoms in total. The Hall–Kier alpha value is -2.36. The maximum atomic E-state index is 11.8. The zero-order chi connectivity index (χ0) is 17.7. The summed E-state index contributed by atoms with van der Waals surface area (Å²) in [6.45, 7) is 0.0153. The largest absolute Gasteiger partial charge is 0.530 e. The van der Waals surface area contributed by atoms with Crippen LogP contribution in [-0.2, 0) is 11.3 Å². The highest BCUT2D eigenvalue weighted by Gasteiger charge is 2.43. The van der Waals surface area contributed by atoms with Gasteiger partial charge in [-0.15, -0.1) is 0 Å². The molecule has 1 fully saturated rings. The molecule has 1 aliphatic rings. The van der Waals surface area contributed by atoms with Crippen LogP contribution in [0.15, 0.2) is 30.3 Å². The Labute approximate surface area is 137 Å². The van der Waals surface area contributed by atoms with Crippen molar-refractivity contribution in [1.29, 1.82) is 0 Å². The predicted octanol–water partition coefficient (Wildman–Crippen LogP) is -1.93. The molecule has 5 N–H and O–H groups in total. The maximum Gasteiger partial charge on any atom is 0.407 e. The summed E-state index contributed by atoms with van der Waals surface area (Å²) in [5.74, 6) is 0. The summed E-state index contributed by atoms with van der Waals surface area (Å²) in [5, 5.41) is 44.3. The van der Waals surface area contributed by atoms with Crippen LogP contribution in [0.2, 0.25) is 0 Å². The molecule has 1 aliphatic carbocycles. The van der Waals surface area contributed by atoms with E-state index in [9.17, 15) is 30.0 Å². The van der Waals surface area contributed by atoms with E-state index in [4.69, 9.17) is 4.74 Å². The van der Waals surface area contributed by atoms with E-state index >= 15 is 0 Å². The van der Waals surface area contributed by atoms with Crippen LogP contribution in [0, 0.1) is 0 Å². The second-order valence-corrected chi connectivity index (χ2v) is 5.56. The average Bonchev–Trinajstić information content (AvgIpc) is 2.56. The molecule has 5 unspecified atom stereocenters. The first-order chi connectivity index (χ1) is 11.4. The van der Waals surface area contributed by atoms with E-state index in [1.165, 1.54) is 0 Å². The highest BCUT2D eigenvalue weighted by Crippen LogP contribution is 2.21. The Bertz CT molecular complexity index is 568. The number of rotatable bonds is 4. The van der Waals surface area contributed by atoms with Crippen LogP contribution < -0.4 is 15.7 Å². The van der Waals surface area contributed by atoms with Crippen LogP contribution in [-0.4, -0.2) is 57.9 Å². The van der Waals surface area contributed by atoms with Crippen molar-refractivity contribution in [3.05, 3.63) is 35.9 Å². The third-order valence-electron chi connectivity index (χ3n) is 3.85. The third-order valence-corrected chi connectivity index (χ3v) is 3.85. The van der Waals surface area contributed by atoms with Gasteiger partial charge < -0.3 is 40.6 Å². The quantitative estimate of drug-likeness (QED) is 0.428. The SMILES string of the molecule is O=C([O-])NC1CC(NC(=O)OCc2ccccc2)C(O)C(O)C1O. The summed E-state index contributed by atoms with van der Waals surface area (Å²) < 4.78 is 5.00. The molecule has 2 rings (SSSR count). The van der Waals surface area contributed by atoms with Crippen molar-refractivity contribution in [2.75, 3.05) is 0 Å². The molecular weight excluding hydrogens is 320 g/mol. The van der Waals surface area contributed by atoms with Crippen LogP contribution in [0.1, 0.15) is 12.0 Å². The smallest absolute Gasteiger partial charge is 0.407 e. The molecule has 0 saturated heterocycles. The van der Waals surface area contributed by atoms with Crippen LogP contribution in [0.5, 0.6) is 0 Å². The Morgan fingerprint density at radius 2 is 1.62 bits per heavy atom. The molecule has 0 aliphatic heterocycles. The minimum atomic E-state index is -1.63. The summed E-state index contributed by atoms with van der Waals surface area (Å²) >= 11 is 0. The number of ether oxygens (including phenoxy) is 1. The van der Waals surface area contributed by atoms with Crippen LogP contribution >= 0.6 is 0 Å². The fourth-order valence-corrected chi connectivity index (χ4v) is 2.59. The van der Waals surface area contributed by atoms with Crippen molar-refractivity contribution in [3.63, 3.8) is 0 Å². The first kappa shape index (κ1) is 18.0. The number of nitrogens with one attached hydrogen (secondary N) is 2. The first-order valence-electron chi connectivity index (χ1n) is 7.37. The summed E-state index contributed by atoms with van der Waals surface area (Å²) in [4.78, 5) is 22.4. The Balaban J connectivity index is 1.91. The topological polar surface area (TPSA) is 151 Å². The fourth-order valence-electron chi connectivity index (χ4n) is 2.59. The normalized spacial score (nSPS) is 29.5. The lowest BCUT2D eigenvalue weighted by Crippen LogP contribution is -2.65. The van der Waals surface area contributed by atoms with E-state index in [-0.39, 0.29) is 13.0 Å². The second-order valence-electron chi connectivity index (χ2n) is 5.56. The van der Waals surface area contributed by atoms with Crippen molar-refractivity contribution in [1.82, 2.24) is 10.6 Å². The predicted molar refractivity (Wildman–Crippen MR) is 78.5 cm³/mol. The van der Waals surface area contributed by atoms with Gasteiger partial charge in [-0.2, -0.15) is 0 Å². The van der Waals surface area contributed by atoms with Gasteiger partial charge in [-0.1, -0.05) is 30.3 Å².